The standard InChI is InChI=1S/C23H17F4NS/c1-16-3-2-4-20(15-16)28-22(13-14-29-21-11-9-19(24)10-12-21)17-5-7-18(8-6-17)23(25,26)27/h2-15H,1H3. The monoisotopic (exact) mass is 415 g/mol. The molecule has 3 aromatic rings. The van der Waals surface area contributed by atoms with E-state index in [-0.39, 0.29) is 5.82 Å². The molecule has 0 heterocycles. The molecular formula is C23H17F4NS. The first-order valence-corrected chi connectivity index (χ1v) is 9.61. The second kappa shape index (κ2) is 9.09. The Labute approximate surface area is 170 Å². The third-order valence-corrected chi connectivity index (χ3v) is 4.82. The van der Waals surface area contributed by atoms with Gasteiger partial charge in [-0.2, -0.15) is 13.2 Å². The molecule has 0 saturated carbocycles. The molecule has 0 saturated heterocycles. The van der Waals surface area contributed by atoms with Crippen molar-refractivity contribution in [3.8, 4) is 0 Å². The Morgan fingerprint density at radius 1 is 0.931 bits per heavy atom. The van der Waals surface area contributed by atoms with Crippen LogP contribution < -0.4 is 0 Å². The fourth-order valence-electron chi connectivity index (χ4n) is 2.55. The number of nitrogens with zero attached hydrogens (tertiary/aromatic N) is 1. The Balaban J connectivity index is 1.91. The van der Waals surface area contributed by atoms with Crippen molar-refractivity contribution < 1.29 is 17.6 Å². The van der Waals surface area contributed by atoms with Crippen LogP contribution >= 0.6 is 11.8 Å². The number of aliphatic imine (C=N–C) groups is 1. The highest BCUT2D eigenvalue weighted by atomic mass is 32.2. The Morgan fingerprint density at radius 3 is 2.24 bits per heavy atom. The first-order chi connectivity index (χ1) is 13.8. The van der Waals surface area contributed by atoms with Crippen LogP contribution in [0.2, 0.25) is 0 Å². The van der Waals surface area contributed by atoms with Gasteiger partial charge in [0.05, 0.1) is 17.0 Å². The molecule has 0 radical (unpaired) electrons. The van der Waals surface area contributed by atoms with Gasteiger partial charge in [0.25, 0.3) is 0 Å². The van der Waals surface area contributed by atoms with Gasteiger partial charge < -0.3 is 0 Å². The van der Waals surface area contributed by atoms with E-state index in [1.54, 1.807) is 23.6 Å². The van der Waals surface area contributed by atoms with Crippen molar-refractivity contribution in [2.24, 2.45) is 4.99 Å². The van der Waals surface area contributed by atoms with Crippen LogP contribution in [0.5, 0.6) is 0 Å². The van der Waals surface area contributed by atoms with E-state index < -0.39 is 11.7 Å². The molecule has 3 rings (SSSR count). The van der Waals surface area contributed by atoms with E-state index in [0.717, 1.165) is 22.6 Å². The maximum atomic E-state index is 13.0. The number of rotatable bonds is 5. The van der Waals surface area contributed by atoms with Gasteiger partial charge >= 0.3 is 6.18 Å². The lowest BCUT2D eigenvalue weighted by Gasteiger charge is -2.08. The zero-order valence-corrected chi connectivity index (χ0v) is 16.3. The Hall–Kier alpha value is -2.86. The van der Waals surface area contributed by atoms with Crippen molar-refractivity contribution in [1.82, 2.24) is 0 Å². The number of hydrogen-bond acceptors (Lipinski definition) is 2. The minimum atomic E-state index is -4.39. The summed E-state index contributed by atoms with van der Waals surface area (Å²) in [7, 11) is 0. The first kappa shape index (κ1) is 20.9. The fourth-order valence-corrected chi connectivity index (χ4v) is 3.20. The molecule has 0 aliphatic rings. The summed E-state index contributed by atoms with van der Waals surface area (Å²) in [5.74, 6) is -0.315. The smallest absolute Gasteiger partial charge is 0.248 e. The molecule has 0 spiro atoms. The van der Waals surface area contributed by atoms with Crippen molar-refractivity contribution in [3.63, 3.8) is 0 Å². The Kier molecular flexibility index (Phi) is 6.54. The van der Waals surface area contributed by atoms with Crippen molar-refractivity contribution in [1.29, 1.82) is 0 Å². The highest BCUT2D eigenvalue weighted by Gasteiger charge is 2.30. The van der Waals surface area contributed by atoms with Crippen LogP contribution in [-0.2, 0) is 6.18 Å². The van der Waals surface area contributed by atoms with E-state index in [9.17, 15) is 17.6 Å². The van der Waals surface area contributed by atoms with Gasteiger partial charge in [-0.15, -0.1) is 0 Å². The molecule has 1 nitrogen and oxygen atoms in total. The predicted molar refractivity (Wildman–Crippen MR) is 110 cm³/mol. The second-order valence-electron chi connectivity index (χ2n) is 6.29. The second-order valence-corrected chi connectivity index (χ2v) is 7.26. The van der Waals surface area contributed by atoms with Gasteiger partial charge in [-0.05, 0) is 72.5 Å². The van der Waals surface area contributed by atoms with E-state index in [1.165, 1.54) is 36.0 Å². The van der Waals surface area contributed by atoms with Gasteiger partial charge in [0.1, 0.15) is 5.82 Å². The topological polar surface area (TPSA) is 12.4 Å². The summed E-state index contributed by atoms with van der Waals surface area (Å²) in [5, 5.41) is 1.78. The van der Waals surface area contributed by atoms with E-state index in [0.29, 0.717) is 17.0 Å². The van der Waals surface area contributed by atoms with Crippen LogP contribution in [0.1, 0.15) is 16.7 Å². The number of alkyl halides is 3. The lowest BCUT2D eigenvalue weighted by Crippen LogP contribution is -2.05. The van der Waals surface area contributed by atoms with Gasteiger partial charge in [0.15, 0.2) is 0 Å². The molecule has 29 heavy (non-hydrogen) atoms. The molecule has 0 unspecified atom stereocenters. The maximum absolute atomic E-state index is 13.0. The molecule has 0 aromatic heterocycles. The minimum absolute atomic E-state index is 0.315. The van der Waals surface area contributed by atoms with Gasteiger partial charge in [0.2, 0.25) is 0 Å². The number of hydrogen-bond donors (Lipinski definition) is 0. The van der Waals surface area contributed by atoms with Crippen LogP contribution in [-0.4, -0.2) is 5.71 Å². The summed E-state index contributed by atoms with van der Waals surface area (Å²) in [4.78, 5) is 5.44. The normalized spacial score (nSPS) is 12.5. The van der Waals surface area contributed by atoms with E-state index in [2.05, 4.69) is 4.99 Å². The van der Waals surface area contributed by atoms with E-state index >= 15 is 0 Å². The molecule has 3 aromatic carbocycles. The van der Waals surface area contributed by atoms with E-state index in [4.69, 9.17) is 0 Å². The SMILES string of the molecule is Cc1cccc(N=C(C=CSc2ccc(F)cc2)c2ccc(C(F)(F)F)cc2)c1. The van der Waals surface area contributed by atoms with Gasteiger partial charge in [0, 0.05) is 10.5 Å². The summed E-state index contributed by atoms with van der Waals surface area (Å²) >= 11 is 1.37. The predicted octanol–water partition coefficient (Wildman–Crippen LogP) is 7.58. The van der Waals surface area contributed by atoms with Gasteiger partial charge in [-0.3, -0.25) is 0 Å². The fraction of sp³-hybridized carbons (Fsp3) is 0.0870. The largest absolute Gasteiger partial charge is 0.416 e. The summed E-state index contributed by atoms with van der Waals surface area (Å²) in [6.07, 6.45) is -2.65. The summed E-state index contributed by atoms with van der Waals surface area (Å²) in [6, 6.07) is 18.5. The quantitative estimate of drug-likeness (QED) is 0.238. The first-order valence-electron chi connectivity index (χ1n) is 8.73. The van der Waals surface area contributed by atoms with Crippen LogP contribution in [0.15, 0.2) is 94.2 Å². The van der Waals surface area contributed by atoms with Gasteiger partial charge in [-0.1, -0.05) is 36.0 Å². The Morgan fingerprint density at radius 2 is 1.62 bits per heavy atom. The third-order valence-electron chi connectivity index (χ3n) is 4.00. The number of halogens is 4. The molecule has 0 N–H and O–H groups in total. The summed E-state index contributed by atoms with van der Waals surface area (Å²) in [5.41, 5.74) is 2.12. The molecule has 148 valence electrons. The lowest BCUT2D eigenvalue weighted by molar-refractivity contribution is -0.137. The molecule has 0 aliphatic heterocycles. The minimum Gasteiger partial charge on any atom is -0.248 e. The van der Waals surface area contributed by atoms with E-state index in [1.807, 2.05) is 31.2 Å². The number of allylic oxidation sites excluding steroid dienone is 1. The maximum Gasteiger partial charge on any atom is 0.416 e. The Bertz CT molecular complexity index is 1020. The molecular weight excluding hydrogens is 398 g/mol. The number of benzene rings is 3. The zero-order valence-electron chi connectivity index (χ0n) is 15.5. The van der Waals surface area contributed by atoms with Crippen molar-refractivity contribution in [3.05, 3.63) is 107 Å². The van der Waals surface area contributed by atoms with Crippen LogP contribution in [0.25, 0.3) is 0 Å². The average molecular weight is 415 g/mol. The van der Waals surface area contributed by atoms with Crippen molar-refractivity contribution in [2.75, 3.05) is 0 Å². The van der Waals surface area contributed by atoms with Crippen LogP contribution in [0.4, 0.5) is 23.2 Å². The van der Waals surface area contributed by atoms with Gasteiger partial charge in [-0.25, -0.2) is 9.38 Å². The molecule has 0 atom stereocenters. The van der Waals surface area contributed by atoms with Crippen LogP contribution in [0, 0.1) is 12.7 Å². The van der Waals surface area contributed by atoms with Crippen molar-refractivity contribution >= 4 is 23.2 Å². The highest BCUT2D eigenvalue weighted by molar-refractivity contribution is 8.02. The summed E-state index contributed by atoms with van der Waals surface area (Å²) < 4.78 is 51.6. The number of aryl methyl sites for hydroxylation is 1. The molecule has 6 heteroatoms. The zero-order chi connectivity index (χ0) is 20.9. The highest BCUT2D eigenvalue weighted by Crippen LogP contribution is 2.29. The lowest BCUT2D eigenvalue weighted by atomic mass is 10.1. The number of thioether (sulfide) groups is 1. The molecule has 0 fully saturated rings. The average Bonchev–Trinajstić information content (AvgIpc) is 2.68. The molecule has 0 aliphatic carbocycles. The molecule has 0 bridgehead atoms. The van der Waals surface area contributed by atoms with Crippen molar-refractivity contribution in [2.45, 2.75) is 18.0 Å². The molecule has 0 amide bonds. The third kappa shape index (κ3) is 6.06. The summed E-state index contributed by atoms with van der Waals surface area (Å²) in [6.45, 7) is 1.94. The van der Waals surface area contributed by atoms with Crippen LogP contribution in [0.3, 0.4) is 0 Å².